The summed E-state index contributed by atoms with van der Waals surface area (Å²) in [7, 11) is 0. The minimum absolute atomic E-state index is 0. The first-order valence-corrected chi connectivity index (χ1v) is 17.7. The Bertz CT molecular complexity index is 1090. The Labute approximate surface area is 311 Å². The van der Waals surface area contributed by atoms with Gasteiger partial charge in [0.2, 0.25) is 0 Å². The van der Waals surface area contributed by atoms with Crippen LogP contribution < -0.4 is 0 Å². The number of esters is 1. The van der Waals surface area contributed by atoms with Gasteiger partial charge in [0, 0.05) is 31.8 Å². The minimum Gasteiger partial charge on any atom is -0.462 e. The van der Waals surface area contributed by atoms with Crippen LogP contribution in [0.3, 0.4) is 0 Å². The number of unbranched alkanes of at least 4 members (excludes halogenated alkanes) is 4. The SMILES string of the molecule is CCCCN(CCCC)C(=S)[S-].CCCCN(CCCC)C(=S)[S-].CCOC(=O)C(C#N)=C(c1ccccc1)c1ccccc1.[Ni+2]. The summed E-state index contributed by atoms with van der Waals surface area (Å²) in [6.07, 6.45) is 9.62. The zero-order valence-corrected chi connectivity index (χ0v) is 32.3. The zero-order chi connectivity index (χ0) is 33.9. The predicted octanol–water partition coefficient (Wildman–Crippen LogP) is 9.01. The number of thiocarbonyl (C=S) groups is 2. The third-order valence-corrected chi connectivity index (χ3v) is 7.64. The molecular formula is C36H51N3NiO2S4. The number of hydrogen-bond donors (Lipinski definition) is 0. The molecule has 0 aromatic heterocycles. The van der Waals surface area contributed by atoms with Crippen LogP contribution >= 0.6 is 24.4 Å². The van der Waals surface area contributed by atoms with Gasteiger partial charge in [0.25, 0.3) is 0 Å². The molecule has 0 aliphatic heterocycles. The van der Waals surface area contributed by atoms with E-state index < -0.39 is 5.97 Å². The van der Waals surface area contributed by atoms with E-state index >= 15 is 0 Å². The molecular weight excluding hydrogens is 693 g/mol. The van der Waals surface area contributed by atoms with Crippen molar-refractivity contribution in [3.63, 3.8) is 0 Å². The maximum atomic E-state index is 12.1. The Morgan fingerprint density at radius 1 is 0.696 bits per heavy atom. The van der Waals surface area contributed by atoms with E-state index in [4.69, 9.17) is 54.4 Å². The van der Waals surface area contributed by atoms with Gasteiger partial charge >= 0.3 is 22.5 Å². The second-order valence-corrected chi connectivity index (χ2v) is 12.3. The maximum Gasteiger partial charge on any atom is 2.00 e. The molecule has 0 aliphatic carbocycles. The van der Waals surface area contributed by atoms with Crippen LogP contribution in [0.25, 0.3) is 5.57 Å². The van der Waals surface area contributed by atoms with Gasteiger partial charge in [-0.3, -0.25) is 0 Å². The van der Waals surface area contributed by atoms with Crippen LogP contribution in [0.15, 0.2) is 66.2 Å². The van der Waals surface area contributed by atoms with Crippen LogP contribution in [-0.4, -0.2) is 57.2 Å². The molecule has 10 heteroatoms. The first-order chi connectivity index (χ1) is 21.7. The summed E-state index contributed by atoms with van der Waals surface area (Å²) in [5.74, 6) is -0.595. The maximum absolute atomic E-state index is 12.1. The molecule has 5 nitrogen and oxygen atoms in total. The fraction of sp³-hybridized carbons (Fsp3) is 0.500. The molecule has 46 heavy (non-hydrogen) atoms. The van der Waals surface area contributed by atoms with Crippen molar-refractivity contribution >= 4 is 69.9 Å². The number of rotatable bonds is 16. The summed E-state index contributed by atoms with van der Waals surface area (Å²) >= 11 is 19.9. The van der Waals surface area contributed by atoms with E-state index in [1.165, 1.54) is 51.4 Å². The number of ether oxygens (including phenoxy) is 1. The Balaban J connectivity index is 0. The Morgan fingerprint density at radius 2 is 1.02 bits per heavy atom. The van der Waals surface area contributed by atoms with Gasteiger partial charge in [0.05, 0.1) is 6.61 Å². The topological polar surface area (TPSA) is 56.6 Å². The Kier molecular flexibility index (Phi) is 30.2. The molecule has 0 saturated heterocycles. The third-order valence-electron chi connectivity index (χ3n) is 6.61. The van der Waals surface area contributed by atoms with E-state index in [9.17, 15) is 10.1 Å². The molecule has 256 valence electrons. The molecule has 0 bridgehead atoms. The molecule has 0 saturated carbocycles. The number of nitriles is 1. The van der Waals surface area contributed by atoms with Crippen LogP contribution in [0.2, 0.25) is 0 Å². The van der Waals surface area contributed by atoms with E-state index in [1.807, 2.05) is 66.7 Å². The summed E-state index contributed by atoms with van der Waals surface area (Å²) in [6.45, 7) is 14.9. The van der Waals surface area contributed by atoms with Crippen molar-refractivity contribution in [2.75, 3.05) is 32.8 Å². The molecule has 0 fully saturated rings. The predicted molar refractivity (Wildman–Crippen MR) is 204 cm³/mol. The molecule has 0 spiro atoms. The Hall–Kier alpha value is -2.15. The molecule has 0 aliphatic rings. The monoisotopic (exact) mass is 743 g/mol. The van der Waals surface area contributed by atoms with Gasteiger partial charge in [-0.1, -0.05) is 123 Å². The quantitative estimate of drug-likeness (QED) is 0.0419. The number of nitrogens with zero attached hydrogens (tertiary/aromatic N) is 3. The van der Waals surface area contributed by atoms with E-state index in [-0.39, 0.29) is 28.7 Å². The van der Waals surface area contributed by atoms with Crippen LogP contribution in [0.5, 0.6) is 0 Å². The van der Waals surface area contributed by atoms with Crippen molar-refractivity contribution in [3.05, 3.63) is 77.4 Å². The van der Waals surface area contributed by atoms with Crippen LogP contribution in [-0.2, 0) is 51.3 Å². The molecule has 0 heterocycles. The van der Waals surface area contributed by atoms with Gasteiger partial charge in [-0.15, -0.1) is 0 Å². The van der Waals surface area contributed by atoms with Gasteiger partial charge in [0.1, 0.15) is 11.6 Å². The van der Waals surface area contributed by atoms with Crippen molar-refractivity contribution in [2.24, 2.45) is 0 Å². The number of hydrogen-bond acceptors (Lipinski definition) is 7. The fourth-order valence-electron chi connectivity index (χ4n) is 4.06. The second-order valence-electron chi connectivity index (χ2n) is 10.2. The summed E-state index contributed by atoms with van der Waals surface area (Å²) < 4.78 is 6.27. The smallest absolute Gasteiger partial charge is 0.462 e. The van der Waals surface area contributed by atoms with Crippen LogP contribution in [0.4, 0.5) is 0 Å². The van der Waals surface area contributed by atoms with E-state index in [1.54, 1.807) is 6.92 Å². The number of carbonyl (C=O) groups excluding carboxylic acids is 1. The van der Waals surface area contributed by atoms with Gasteiger partial charge in [-0.25, -0.2) is 4.79 Å². The summed E-state index contributed by atoms with van der Waals surface area (Å²) in [6, 6.07) is 20.8. The third kappa shape index (κ3) is 20.2. The first kappa shape index (κ1) is 46.0. The van der Waals surface area contributed by atoms with E-state index in [2.05, 4.69) is 37.5 Å². The van der Waals surface area contributed by atoms with Gasteiger partial charge in [-0.05, 0) is 43.7 Å². The van der Waals surface area contributed by atoms with Gasteiger partial charge < -0.3 is 64.2 Å². The molecule has 0 amide bonds. The van der Waals surface area contributed by atoms with E-state index in [0.717, 1.165) is 37.3 Å². The van der Waals surface area contributed by atoms with Crippen molar-refractivity contribution in [2.45, 2.75) is 86.0 Å². The standard InChI is InChI=1S/C18H15NO2.2C9H19NS2.Ni/c1-2-21-18(20)16(13-19)17(14-9-5-3-6-10-14)15-11-7-4-8-12-15;2*1-3-5-7-10(9(11)12)8-6-4-2;/h3-12H,2H2,1H3;2*3-8H2,1-2H3,(H,11,12);/q;;;+2/p-2. The largest absolute Gasteiger partial charge is 2.00 e. The van der Waals surface area contributed by atoms with Crippen molar-refractivity contribution in [3.8, 4) is 6.07 Å². The first-order valence-electron chi connectivity index (χ1n) is 16.1. The van der Waals surface area contributed by atoms with Crippen molar-refractivity contribution < 1.29 is 26.0 Å². The number of benzene rings is 2. The van der Waals surface area contributed by atoms with E-state index in [0.29, 0.717) is 14.2 Å². The molecule has 2 rings (SSSR count). The molecule has 0 N–H and O–H groups in total. The summed E-state index contributed by atoms with van der Waals surface area (Å²) in [5.41, 5.74) is 2.24. The summed E-state index contributed by atoms with van der Waals surface area (Å²) in [5, 5.41) is 9.41. The normalized spacial score (nSPS) is 9.48. The van der Waals surface area contributed by atoms with Crippen LogP contribution in [0, 0.1) is 11.3 Å². The molecule has 0 unspecified atom stereocenters. The number of carbonyl (C=O) groups is 1. The van der Waals surface area contributed by atoms with Gasteiger partial charge in [0.15, 0.2) is 0 Å². The molecule has 0 atom stereocenters. The fourth-order valence-corrected chi connectivity index (χ4v) is 4.79. The van der Waals surface area contributed by atoms with Gasteiger partial charge in [-0.2, -0.15) is 5.26 Å². The average molecular weight is 745 g/mol. The molecule has 2 aromatic rings. The Morgan fingerprint density at radius 3 is 1.26 bits per heavy atom. The minimum atomic E-state index is -0.595. The average Bonchev–Trinajstić information content (AvgIpc) is 3.05. The zero-order valence-electron chi connectivity index (χ0n) is 28.1. The van der Waals surface area contributed by atoms with Crippen LogP contribution in [0.1, 0.15) is 97.1 Å². The molecule has 0 radical (unpaired) electrons. The summed E-state index contributed by atoms with van der Waals surface area (Å²) in [4.78, 5) is 16.3. The van der Waals surface area contributed by atoms with Crippen molar-refractivity contribution in [1.29, 1.82) is 5.26 Å². The van der Waals surface area contributed by atoms with Crippen molar-refractivity contribution in [1.82, 2.24) is 9.80 Å². The molecule has 2 aromatic carbocycles. The second kappa shape index (κ2) is 30.2.